The zero-order chi connectivity index (χ0) is 32.4. The number of halogens is 3. The van der Waals surface area contributed by atoms with Gasteiger partial charge < -0.3 is 10.6 Å². The molecule has 2 atom stereocenters. The van der Waals surface area contributed by atoms with Gasteiger partial charge in [-0.3, -0.25) is 24.5 Å². The van der Waals surface area contributed by atoms with Crippen molar-refractivity contribution in [2.24, 2.45) is 22.6 Å². The standard InChI is InChI=1S/C34H39F3N6O2/c1-22(2)13-14-33(25-9-5-4-6-10-25)31(45)43(32(38)41-33)17-7-8-23(3)18-24-11-12-27(34(35,36)37)26(19-24)30(44)42-20-28-29(21-42)40-16-15-39-28/h4-6,9-12,15-16,19,22-23H,7-8,13-14,17-18,20-21H2,1-3H3,(H2,38,41)/t23-,33+/m0/s1. The topological polar surface area (TPSA) is 105 Å². The van der Waals surface area contributed by atoms with Crippen LogP contribution in [0, 0.1) is 11.8 Å². The Morgan fingerprint density at radius 1 is 1.00 bits per heavy atom. The van der Waals surface area contributed by atoms with Crippen LogP contribution in [-0.4, -0.2) is 44.1 Å². The summed E-state index contributed by atoms with van der Waals surface area (Å²) in [6.45, 7) is 6.85. The number of nitrogens with zero attached hydrogens (tertiary/aromatic N) is 5. The van der Waals surface area contributed by atoms with E-state index in [9.17, 15) is 22.8 Å². The van der Waals surface area contributed by atoms with Crippen LogP contribution < -0.4 is 5.73 Å². The van der Waals surface area contributed by atoms with Crippen LogP contribution in [-0.2, 0) is 36.0 Å². The molecule has 0 bridgehead atoms. The molecule has 3 aromatic rings. The molecule has 0 fully saturated rings. The van der Waals surface area contributed by atoms with Gasteiger partial charge in [-0.05, 0) is 67.2 Å². The molecule has 3 heterocycles. The maximum atomic E-state index is 13.9. The highest BCUT2D eigenvalue weighted by Gasteiger charge is 2.48. The number of carbonyl (C=O) groups excluding carboxylic acids is 2. The Bertz CT molecular complexity index is 1550. The maximum absolute atomic E-state index is 13.9. The highest BCUT2D eigenvalue weighted by atomic mass is 19.4. The second-order valence-corrected chi connectivity index (χ2v) is 12.5. The van der Waals surface area contributed by atoms with Crippen LogP contribution in [0.5, 0.6) is 0 Å². The van der Waals surface area contributed by atoms with Gasteiger partial charge in [0.05, 0.1) is 35.6 Å². The van der Waals surface area contributed by atoms with E-state index in [4.69, 9.17) is 10.7 Å². The minimum absolute atomic E-state index is 0.0739. The third-order valence-electron chi connectivity index (χ3n) is 8.63. The highest BCUT2D eigenvalue weighted by molar-refractivity contribution is 6.07. The summed E-state index contributed by atoms with van der Waals surface area (Å²) in [5, 5.41) is 0. The van der Waals surface area contributed by atoms with Crippen molar-refractivity contribution in [1.82, 2.24) is 19.8 Å². The molecule has 0 unspecified atom stereocenters. The quantitative estimate of drug-likeness (QED) is 0.279. The molecule has 2 aliphatic heterocycles. The molecule has 45 heavy (non-hydrogen) atoms. The molecular weight excluding hydrogens is 581 g/mol. The van der Waals surface area contributed by atoms with E-state index in [-0.39, 0.29) is 36.4 Å². The van der Waals surface area contributed by atoms with Crippen molar-refractivity contribution in [2.75, 3.05) is 6.54 Å². The summed E-state index contributed by atoms with van der Waals surface area (Å²) < 4.78 is 41.8. The summed E-state index contributed by atoms with van der Waals surface area (Å²) in [4.78, 5) is 43.2. The highest BCUT2D eigenvalue weighted by Crippen LogP contribution is 2.39. The predicted octanol–water partition coefficient (Wildman–Crippen LogP) is 6.10. The van der Waals surface area contributed by atoms with Gasteiger partial charge in [0.2, 0.25) is 0 Å². The van der Waals surface area contributed by atoms with Gasteiger partial charge in [0.15, 0.2) is 11.5 Å². The van der Waals surface area contributed by atoms with Crippen LogP contribution in [0.15, 0.2) is 65.9 Å². The van der Waals surface area contributed by atoms with Crippen LogP contribution in [0.3, 0.4) is 0 Å². The number of rotatable bonds is 11. The molecule has 0 saturated heterocycles. The zero-order valence-electron chi connectivity index (χ0n) is 25.8. The number of carbonyl (C=O) groups is 2. The smallest absolute Gasteiger partial charge is 0.369 e. The van der Waals surface area contributed by atoms with E-state index in [1.165, 1.54) is 29.4 Å². The van der Waals surface area contributed by atoms with Crippen molar-refractivity contribution in [3.63, 3.8) is 0 Å². The largest absolute Gasteiger partial charge is 0.417 e. The lowest BCUT2D eigenvalue weighted by Gasteiger charge is -2.27. The SMILES string of the molecule is CC(C)CC[C@]1(c2ccccc2)N=C(N)N(CCC[C@H](C)Cc2ccc(C(F)(F)F)c(C(=O)N3Cc4nccnc4C3)c2)C1=O. The second-order valence-electron chi connectivity index (χ2n) is 12.5. The van der Waals surface area contributed by atoms with E-state index < -0.39 is 23.2 Å². The summed E-state index contributed by atoms with van der Waals surface area (Å²) >= 11 is 0. The molecule has 11 heteroatoms. The molecule has 238 valence electrons. The average Bonchev–Trinajstić information content (AvgIpc) is 3.54. The molecule has 1 aromatic heterocycles. The second kappa shape index (κ2) is 13.0. The fourth-order valence-electron chi connectivity index (χ4n) is 6.19. The number of alkyl halides is 3. The molecular formula is C34H39F3N6O2. The number of fused-ring (bicyclic) bond motifs is 1. The van der Waals surface area contributed by atoms with Gasteiger partial charge in [-0.2, -0.15) is 13.2 Å². The number of hydrogen-bond donors (Lipinski definition) is 1. The molecule has 0 radical (unpaired) electrons. The van der Waals surface area contributed by atoms with E-state index in [0.29, 0.717) is 55.1 Å². The molecule has 0 spiro atoms. The number of guanidine groups is 1. The van der Waals surface area contributed by atoms with Gasteiger partial charge >= 0.3 is 6.18 Å². The Morgan fingerprint density at radius 3 is 2.29 bits per heavy atom. The fourth-order valence-corrected chi connectivity index (χ4v) is 6.19. The van der Waals surface area contributed by atoms with Crippen LogP contribution in [0.4, 0.5) is 13.2 Å². The number of benzene rings is 2. The lowest BCUT2D eigenvalue weighted by Crippen LogP contribution is -2.43. The van der Waals surface area contributed by atoms with Crippen molar-refractivity contribution < 1.29 is 22.8 Å². The molecule has 5 rings (SSSR count). The summed E-state index contributed by atoms with van der Waals surface area (Å²) in [7, 11) is 0. The Kier molecular flexibility index (Phi) is 9.27. The van der Waals surface area contributed by atoms with Gasteiger partial charge in [-0.15, -0.1) is 0 Å². The van der Waals surface area contributed by atoms with E-state index in [1.54, 1.807) is 4.90 Å². The first-order chi connectivity index (χ1) is 21.4. The van der Waals surface area contributed by atoms with Crippen molar-refractivity contribution in [3.05, 3.63) is 94.6 Å². The number of nitrogens with two attached hydrogens (primary N) is 1. The van der Waals surface area contributed by atoms with Crippen molar-refractivity contribution >= 4 is 17.8 Å². The summed E-state index contributed by atoms with van der Waals surface area (Å²) in [6, 6.07) is 13.3. The van der Waals surface area contributed by atoms with E-state index in [1.807, 2.05) is 37.3 Å². The first-order valence-corrected chi connectivity index (χ1v) is 15.4. The third-order valence-corrected chi connectivity index (χ3v) is 8.63. The van der Waals surface area contributed by atoms with Crippen molar-refractivity contribution in [2.45, 2.75) is 77.7 Å². The lowest BCUT2D eigenvalue weighted by molar-refractivity contribution is -0.138. The van der Waals surface area contributed by atoms with Crippen LogP contribution >= 0.6 is 0 Å². The summed E-state index contributed by atoms with van der Waals surface area (Å²) in [6.07, 6.45) is 1.52. The first kappa shape index (κ1) is 32.1. The van der Waals surface area contributed by atoms with E-state index >= 15 is 0 Å². The monoisotopic (exact) mass is 620 g/mol. The summed E-state index contributed by atoms with van der Waals surface area (Å²) in [5.41, 5.74) is 6.61. The molecule has 2 aromatic carbocycles. The molecule has 2 aliphatic rings. The van der Waals surface area contributed by atoms with Crippen molar-refractivity contribution in [3.8, 4) is 0 Å². The minimum Gasteiger partial charge on any atom is -0.369 e. The third kappa shape index (κ3) is 6.87. The predicted molar refractivity (Wildman–Crippen MR) is 165 cm³/mol. The minimum atomic E-state index is -4.67. The lowest BCUT2D eigenvalue weighted by atomic mass is 9.83. The number of amides is 2. The van der Waals surface area contributed by atoms with Crippen LogP contribution in [0.2, 0.25) is 0 Å². The number of hydrogen-bond acceptors (Lipinski definition) is 6. The van der Waals surface area contributed by atoms with Gasteiger partial charge in [0.25, 0.3) is 11.8 Å². The Morgan fingerprint density at radius 2 is 1.67 bits per heavy atom. The molecule has 8 nitrogen and oxygen atoms in total. The van der Waals surface area contributed by atoms with Crippen LogP contribution in [0.1, 0.15) is 84.9 Å². The molecule has 2 N–H and O–H groups in total. The van der Waals surface area contributed by atoms with Crippen LogP contribution in [0.25, 0.3) is 0 Å². The molecule has 0 aliphatic carbocycles. The summed E-state index contributed by atoms with van der Waals surface area (Å²) in [5.74, 6) is -0.144. The maximum Gasteiger partial charge on any atom is 0.417 e. The molecule has 0 saturated carbocycles. The van der Waals surface area contributed by atoms with Gasteiger partial charge in [-0.1, -0.05) is 57.2 Å². The Balaban J connectivity index is 1.24. The van der Waals surface area contributed by atoms with Crippen molar-refractivity contribution in [1.29, 1.82) is 0 Å². The fraction of sp³-hybridized carbons (Fsp3) is 0.441. The molecule has 2 amide bonds. The first-order valence-electron chi connectivity index (χ1n) is 15.4. The zero-order valence-corrected chi connectivity index (χ0v) is 25.8. The average molecular weight is 621 g/mol. The Hall–Kier alpha value is -4.28. The van der Waals surface area contributed by atoms with E-state index in [2.05, 4.69) is 23.8 Å². The Labute approximate surface area is 261 Å². The van der Waals surface area contributed by atoms with Gasteiger partial charge in [-0.25, -0.2) is 4.99 Å². The number of aromatic nitrogens is 2. The van der Waals surface area contributed by atoms with Gasteiger partial charge in [0.1, 0.15) is 0 Å². The van der Waals surface area contributed by atoms with Gasteiger partial charge in [0, 0.05) is 18.9 Å². The van der Waals surface area contributed by atoms with E-state index in [0.717, 1.165) is 18.1 Å². The number of aliphatic imine (C=N–C) groups is 1. The normalized spacial score (nSPS) is 18.8.